The Kier molecular flexibility index (Phi) is 10.3. The molecule has 0 bridgehead atoms. The van der Waals surface area contributed by atoms with Gasteiger partial charge in [-0.15, -0.1) is 0 Å². The summed E-state index contributed by atoms with van der Waals surface area (Å²) in [5.41, 5.74) is 5.91. The number of hydrogen-bond donors (Lipinski definition) is 0. The van der Waals surface area contributed by atoms with Crippen LogP contribution in [0.15, 0.2) is 105 Å². The molecule has 7 heteroatoms. The quantitative estimate of drug-likeness (QED) is 0.251. The number of allylic oxidation sites excluding steroid dienone is 10. The summed E-state index contributed by atoms with van der Waals surface area (Å²) in [5.74, 6) is 3.85. The molecule has 0 aromatic rings. The van der Waals surface area contributed by atoms with Crippen LogP contribution in [-0.4, -0.2) is 62.3 Å². The fraction of sp³-hybridized carbons (Fsp3) is 0.583. The molecular weight excluding hydrogens is 681 g/mol. The minimum Gasteiger partial charge on any atom is -0.496 e. The molecule has 55 heavy (non-hydrogen) atoms. The van der Waals surface area contributed by atoms with Crippen LogP contribution in [0.1, 0.15) is 93.9 Å². The van der Waals surface area contributed by atoms with Crippen LogP contribution < -0.4 is 0 Å². The second kappa shape index (κ2) is 14.5. The third-order valence-corrected chi connectivity index (χ3v) is 13.9. The molecule has 0 aromatic heterocycles. The van der Waals surface area contributed by atoms with Gasteiger partial charge in [-0.1, -0.05) is 67.5 Å². The molecule has 0 radical (unpaired) electrons. The van der Waals surface area contributed by atoms with Gasteiger partial charge >= 0.3 is 0 Å². The van der Waals surface area contributed by atoms with E-state index in [-0.39, 0.29) is 27.2 Å². The van der Waals surface area contributed by atoms with Gasteiger partial charge in [-0.05, 0) is 110 Å². The lowest BCUT2D eigenvalue weighted by atomic mass is 9.59. The van der Waals surface area contributed by atoms with Crippen molar-refractivity contribution in [2.24, 2.45) is 33.5 Å². The van der Waals surface area contributed by atoms with Crippen LogP contribution in [0.4, 0.5) is 0 Å². The summed E-state index contributed by atoms with van der Waals surface area (Å²) in [4.78, 5) is 5.48. The fourth-order valence-corrected chi connectivity index (χ4v) is 12.0. The number of piperidine rings is 4. The summed E-state index contributed by atoms with van der Waals surface area (Å²) < 4.78 is 19.0. The second-order valence-corrected chi connectivity index (χ2v) is 19.6. The molecule has 0 spiro atoms. The number of nitrogens with zero attached hydrogens (tertiary/aromatic N) is 4. The Labute approximate surface area is 330 Å². The Balaban J connectivity index is 1.17. The van der Waals surface area contributed by atoms with E-state index < -0.39 is 0 Å². The van der Waals surface area contributed by atoms with Crippen LogP contribution in [0.2, 0.25) is 0 Å². The van der Waals surface area contributed by atoms with Crippen molar-refractivity contribution in [2.45, 2.75) is 106 Å². The molecule has 5 heterocycles. The predicted octanol–water partition coefficient (Wildman–Crippen LogP) is 9.99. The standard InChI is InChI=1S/C48H62N4O3/c1-45(2)21-11-23-51-29-47(5,6)39-37(43(45)51)19-15-31(41(39)53-9)13-17-35-25-33(34(27-49)28-50)26-36(55-35)18-14-32-16-20-38-40(42(32)54-10)48(7,8)30-52-24-12-22-46(3,4)44(38)52/h13-18,25-26,37-38,43-44H,11-12,19-24,29-30H2,1-10H3. The molecule has 0 saturated carbocycles. The molecule has 0 N–H and O–H groups in total. The number of methoxy groups -OCH3 is 2. The van der Waals surface area contributed by atoms with Gasteiger partial charge < -0.3 is 14.2 Å². The van der Waals surface area contributed by atoms with E-state index in [1.807, 2.05) is 12.2 Å². The van der Waals surface area contributed by atoms with Crippen molar-refractivity contribution in [3.63, 3.8) is 0 Å². The SMILES string of the molecule is COC1=C2C(CC=C1C=CC1=CC(=C(C#N)C#N)C=C(C=CC3=CCC4C(=C3OC)C(C)(C)CN3CCCC(C)(C)C43)O1)C1N(CCCC1(C)C)CC2(C)C. The van der Waals surface area contributed by atoms with Gasteiger partial charge in [0, 0.05) is 64.6 Å². The van der Waals surface area contributed by atoms with E-state index in [2.05, 4.69) is 102 Å². The van der Waals surface area contributed by atoms with Crippen molar-refractivity contribution < 1.29 is 14.2 Å². The average Bonchev–Trinajstić information content (AvgIpc) is 3.12. The molecule has 4 saturated heterocycles. The van der Waals surface area contributed by atoms with Crippen molar-refractivity contribution in [3.8, 4) is 12.1 Å². The summed E-state index contributed by atoms with van der Waals surface area (Å²) >= 11 is 0. The number of fused-ring (bicyclic) bond motifs is 6. The van der Waals surface area contributed by atoms with E-state index in [1.165, 1.54) is 36.8 Å². The first-order valence-corrected chi connectivity index (χ1v) is 20.5. The molecule has 4 atom stereocenters. The Bertz CT molecular complexity index is 1840. The third-order valence-electron chi connectivity index (χ3n) is 13.9. The molecule has 7 rings (SSSR count). The maximum atomic E-state index is 9.87. The highest BCUT2D eigenvalue weighted by molar-refractivity contribution is 5.56. The lowest BCUT2D eigenvalue weighted by Gasteiger charge is -2.58. The second-order valence-electron chi connectivity index (χ2n) is 19.6. The smallest absolute Gasteiger partial charge is 0.137 e. The van der Waals surface area contributed by atoms with Crippen LogP contribution in [-0.2, 0) is 14.2 Å². The highest BCUT2D eigenvalue weighted by atomic mass is 16.5. The largest absolute Gasteiger partial charge is 0.496 e. The van der Waals surface area contributed by atoms with E-state index in [0.717, 1.165) is 61.7 Å². The molecular formula is C48H62N4O3. The van der Waals surface area contributed by atoms with Gasteiger partial charge in [-0.2, -0.15) is 10.5 Å². The average molecular weight is 743 g/mol. The van der Waals surface area contributed by atoms with Crippen molar-refractivity contribution in [3.05, 3.63) is 105 Å². The molecule has 4 fully saturated rings. The van der Waals surface area contributed by atoms with Gasteiger partial charge in [-0.25, -0.2) is 0 Å². The van der Waals surface area contributed by atoms with Crippen LogP contribution in [0, 0.1) is 56.2 Å². The van der Waals surface area contributed by atoms with E-state index in [9.17, 15) is 10.5 Å². The molecule has 5 aliphatic heterocycles. The van der Waals surface area contributed by atoms with Crippen molar-refractivity contribution >= 4 is 0 Å². The van der Waals surface area contributed by atoms with Gasteiger partial charge in [-0.3, -0.25) is 9.80 Å². The summed E-state index contributed by atoms with van der Waals surface area (Å²) in [5, 5.41) is 19.7. The molecule has 7 aliphatic rings. The zero-order valence-electron chi connectivity index (χ0n) is 35.0. The molecule has 0 amide bonds. The summed E-state index contributed by atoms with van der Waals surface area (Å²) in [6.07, 6.45) is 23.2. The number of ether oxygens (including phenoxy) is 3. The highest BCUT2D eigenvalue weighted by Crippen LogP contribution is 2.56. The minimum atomic E-state index is -0.0258. The maximum Gasteiger partial charge on any atom is 0.137 e. The van der Waals surface area contributed by atoms with E-state index in [4.69, 9.17) is 14.2 Å². The normalized spacial score (nSPS) is 31.0. The van der Waals surface area contributed by atoms with Gasteiger partial charge in [0.25, 0.3) is 0 Å². The van der Waals surface area contributed by atoms with Crippen LogP contribution >= 0.6 is 0 Å². The van der Waals surface area contributed by atoms with Gasteiger partial charge in [0.2, 0.25) is 0 Å². The van der Waals surface area contributed by atoms with Gasteiger partial charge in [0.15, 0.2) is 0 Å². The first kappa shape index (κ1) is 39.2. The van der Waals surface area contributed by atoms with E-state index >= 15 is 0 Å². The van der Waals surface area contributed by atoms with Crippen LogP contribution in [0.5, 0.6) is 0 Å². The summed E-state index contributed by atoms with van der Waals surface area (Å²) in [6.45, 7) is 23.6. The lowest BCUT2D eigenvalue weighted by molar-refractivity contribution is -0.0407. The first-order valence-electron chi connectivity index (χ1n) is 20.5. The maximum absolute atomic E-state index is 9.87. The minimum absolute atomic E-state index is 0.0258. The van der Waals surface area contributed by atoms with E-state index in [1.54, 1.807) is 26.4 Å². The Morgan fingerprint density at radius 3 is 1.49 bits per heavy atom. The van der Waals surface area contributed by atoms with Crippen molar-refractivity contribution in [1.29, 1.82) is 10.5 Å². The monoisotopic (exact) mass is 742 g/mol. The predicted molar refractivity (Wildman–Crippen MR) is 219 cm³/mol. The van der Waals surface area contributed by atoms with Crippen molar-refractivity contribution in [1.82, 2.24) is 9.80 Å². The van der Waals surface area contributed by atoms with Gasteiger partial charge in [0.05, 0.1) is 14.2 Å². The Morgan fingerprint density at radius 2 is 1.11 bits per heavy atom. The molecule has 7 nitrogen and oxygen atoms in total. The Morgan fingerprint density at radius 1 is 0.691 bits per heavy atom. The lowest BCUT2D eigenvalue weighted by Crippen LogP contribution is -2.61. The van der Waals surface area contributed by atoms with Crippen LogP contribution in [0.25, 0.3) is 0 Å². The summed E-state index contributed by atoms with van der Waals surface area (Å²) in [6, 6.07) is 5.14. The fourth-order valence-electron chi connectivity index (χ4n) is 12.0. The molecule has 2 aliphatic carbocycles. The topological polar surface area (TPSA) is 81.7 Å². The highest BCUT2D eigenvalue weighted by Gasteiger charge is 2.54. The third kappa shape index (κ3) is 7.02. The Hall–Kier alpha value is -4.04. The van der Waals surface area contributed by atoms with Gasteiger partial charge in [0.1, 0.15) is 40.7 Å². The summed E-state index contributed by atoms with van der Waals surface area (Å²) in [7, 11) is 3.59. The van der Waals surface area contributed by atoms with Crippen molar-refractivity contribution in [2.75, 3.05) is 40.4 Å². The zero-order valence-corrected chi connectivity index (χ0v) is 35.0. The van der Waals surface area contributed by atoms with E-state index in [0.29, 0.717) is 41.0 Å². The zero-order chi connectivity index (χ0) is 39.5. The number of rotatable bonds is 6. The molecule has 292 valence electrons. The first-order chi connectivity index (χ1) is 26.0. The molecule has 0 aromatic carbocycles. The number of hydrogen-bond acceptors (Lipinski definition) is 7. The molecule has 4 unspecified atom stereocenters. The van der Waals surface area contributed by atoms with Crippen LogP contribution in [0.3, 0.4) is 0 Å². The number of nitriles is 2.